The number of nitrogens with one attached hydrogen (secondary N) is 1. The Morgan fingerprint density at radius 1 is 0.946 bits per heavy atom. The van der Waals surface area contributed by atoms with E-state index in [-0.39, 0.29) is 17.2 Å². The molecule has 190 valence electrons. The fraction of sp³-hybridized carbons (Fsp3) is 0.276. The minimum absolute atomic E-state index is 0.0794. The van der Waals surface area contributed by atoms with Crippen LogP contribution < -0.4 is 15.8 Å². The van der Waals surface area contributed by atoms with Crippen LogP contribution in [-0.2, 0) is 22.5 Å². The van der Waals surface area contributed by atoms with Gasteiger partial charge in [-0.3, -0.25) is 14.2 Å². The molecule has 2 heterocycles. The number of ether oxygens (including phenoxy) is 1. The number of amides is 1. The standard InChI is InChI=1S/C29H30N4O3S/c34-27(30-14-13-22-7-3-1-4-8-22)21-37-29-31-26-12-11-24(32-15-17-36-18-16-32)19-25(26)28(35)33(29)20-23-9-5-2-6-10-23/h1-12,19H,13-18,20-21H2,(H,30,34). The highest BCUT2D eigenvalue weighted by molar-refractivity contribution is 7.99. The number of benzene rings is 3. The third-order valence-corrected chi connectivity index (χ3v) is 7.35. The van der Waals surface area contributed by atoms with Crippen molar-refractivity contribution in [1.29, 1.82) is 0 Å². The molecule has 0 radical (unpaired) electrons. The van der Waals surface area contributed by atoms with E-state index in [9.17, 15) is 9.59 Å². The van der Waals surface area contributed by atoms with Crippen molar-refractivity contribution in [3.8, 4) is 0 Å². The predicted molar refractivity (Wildman–Crippen MR) is 148 cm³/mol. The smallest absolute Gasteiger partial charge is 0.262 e. The summed E-state index contributed by atoms with van der Waals surface area (Å²) in [5.74, 6) is 0.108. The Hall–Kier alpha value is -3.62. The minimum atomic E-state index is -0.101. The Bertz CT molecular complexity index is 1400. The van der Waals surface area contributed by atoms with E-state index in [0.717, 1.165) is 30.8 Å². The third kappa shape index (κ3) is 6.39. The summed E-state index contributed by atoms with van der Waals surface area (Å²) in [6.07, 6.45) is 0.773. The highest BCUT2D eigenvalue weighted by Crippen LogP contribution is 2.23. The van der Waals surface area contributed by atoms with E-state index < -0.39 is 0 Å². The maximum atomic E-state index is 13.7. The normalized spacial score (nSPS) is 13.6. The van der Waals surface area contributed by atoms with Gasteiger partial charge in [-0.1, -0.05) is 72.4 Å². The lowest BCUT2D eigenvalue weighted by Crippen LogP contribution is -2.36. The van der Waals surface area contributed by atoms with Gasteiger partial charge in [0, 0.05) is 25.3 Å². The summed E-state index contributed by atoms with van der Waals surface area (Å²) >= 11 is 1.29. The number of hydrogen-bond donors (Lipinski definition) is 1. The average molecular weight is 515 g/mol. The van der Waals surface area contributed by atoms with Gasteiger partial charge in [-0.25, -0.2) is 4.98 Å². The number of nitrogens with zero attached hydrogens (tertiary/aromatic N) is 3. The molecule has 1 fully saturated rings. The molecule has 1 N–H and O–H groups in total. The van der Waals surface area contributed by atoms with Gasteiger partial charge in [0.1, 0.15) is 0 Å². The number of rotatable bonds is 9. The van der Waals surface area contributed by atoms with Crippen molar-refractivity contribution in [3.05, 3.63) is 100 Å². The van der Waals surface area contributed by atoms with Crippen LogP contribution in [0.3, 0.4) is 0 Å². The van der Waals surface area contributed by atoms with E-state index in [2.05, 4.69) is 10.2 Å². The Kier molecular flexibility index (Phi) is 8.18. The SMILES string of the molecule is O=C(CSc1nc2ccc(N3CCOCC3)cc2c(=O)n1Cc1ccccc1)NCCc1ccccc1. The van der Waals surface area contributed by atoms with E-state index >= 15 is 0 Å². The molecule has 0 saturated carbocycles. The molecular formula is C29H30N4O3S. The molecule has 0 unspecified atom stereocenters. The zero-order valence-electron chi connectivity index (χ0n) is 20.6. The molecular weight excluding hydrogens is 484 g/mol. The summed E-state index contributed by atoms with van der Waals surface area (Å²) in [6.45, 7) is 3.90. The van der Waals surface area contributed by atoms with E-state index in [0.29, 0.717) is 42.4 Å². The van der Waals surface area contributed by atoms with Crippen molar-refractivity contribution in [2.45, 2.75) is 18.1 Å². The first-order valence-corrected chi connectivity index (χ1v) is 13.5. The molecule has 0 spiro atoms. The average Bonchev–Trinajstić information content (AvgIpc) is 2.95. The fourth-order valence-corrected chi connectivity index (χ4v) is 5.22. The van der Waals surface area contributed by atoms with Crippen LogP contribution in [0.4, 0.5) is 5.69 Å². The van der Waals surface area contributed by atoms with Gasteiger partial charge >= 0.3 is 0 Å². The number of thioether (sulfide) groups is 1. The van der Waals surface area contributed by atoms with Gasteiger partial charge in [-0.05, 0) is 35.7 Å². The number of carbonyl (C=O) groups excluding carboxylic acids is 1. The van der Waals surface area contributed by atoms with Crippen LogP contribution in [0.15, 0.2) is 88.8 Å². The van der Waals surface area contributed by atoms with E-state index in [4.69, 9.17) is 9.72 Å². The van der Waals surface area contributed by atoms with Gasteiger partial charge in [0.05, 0.1) is 36.4 Å². The van der Waals surface area contributed by atoms with Crippen LogP contribution in [0.2, 0.25) is 0 Å². The molecule has 1 aliphatic rings. The highest BCUT2D eigenvalue weighted by Gasteiger charge is 2.17. The van der Waals surface area contributed by atoms with Crippen LogP contribution in [0.25, 0.3) is 10.9 Å². The second-order valence-corrected chi connectivity index (χ2v) is 9.89. The van der Waals surface area contributed by atoms with Gasteiger partial charge in [0.2, 0.25) is 5.91 Å². The number of anilines is 1. The van der Waals surface area contributed by atoms with Gasteiger partial charge in [-0.15, -0.1) is 0 Å². The number of hydrogen-bond acceptors (Lipinski definition) is 6. The maximum absolute atomic E-state index is 13.7. The summed E-state index contributed by atoms with van der Waals surface area (Å²) in [6, 6.07) is 25.8. The number of morpholine rings is 1. The number of aromatic nitrogens is 2. The Morgan fingerprint density at radius 3 is 2.38 bits per heavy atom. The van der Waals surface area contributed by atoms with Crippen LogP contribution >= 0.6 is 11.8 Å². The second-order valence-electron chi connectivity index (χ2n) is 8.95. The van der Waals surface area contributed by atoms with Crippen LogP contribution in [0.1, 0.15) is 11.1 Å². The second kappa shape index (κ2) is 12.1. The van der Waals surface area contributed by atoms with E-state index in [1.807, 2.05) is 78.9 Å². The predicted octanol–water partition coefficient (Wildman–Crippen LogP) is 3.73. The number of carbonyl (C=O) groups is 1. The summed E-state index contributed by atoms with van der Waals surface area (Å²) in [5, 5.41) is 4.10. The molecule has 0 aliphatic carbocycles. The lowest BCUT2D eigenvalue weighted by molar-refractivity contribution is -0.118. The molecule has 4 aromatic rings. The lowest BCUT2D eigenvalue weighted by Gasteiger charge is -2.29. The van der Waals surface area contributed by atoms with Gasteiger partial charge in [0.15, 0.2) is 5.16 Å². The molecule has 1 saturated heterocycles. The highest BCUT2D eigenvalue weighted by atomic mass is 32.2. The molecule has 0 bridgehead atoms. The zero-order valence-corrected chi connectivity index (χ0v) is 21.5. The van der Waals surface area contributed by atoms with Gasteiger partial charge < -0.3 is 15.0 Å². The van der Waals surface area contributed by atoms with Gasteiger partial charge in [-0.2, -0.15) is 0 Å². The Labute approximate surface area is 220 Å². The summed E-state index contributed by atoms with van der Waals surface area (Å²) in [4.78, 5) is 33.4. The molecule has 1 aromatic heterocycles. The molecule has 8 heteroatoms. The third-order valence-electron chi connectivity index (χ3n) is 6.37. The zero-order chi connectivity index (χ0) is 25.5. The van der Waals surface area contributed by atoms with Gasteiger partial charge in [0.25, 0.3) is 5.56 Å². The number of fused-ring (bicyclic) bond motifs is 1. The van der Waals surface area contributed by atoms with Crippen molar-refractivity contribution in [3.63, 3.8) is 0 Å². The summed E-state index contributed by atoms with van der Waals surface area (Å²) in [7, 11) is 0. The van der Waals surface area contributed by atoms with Crippen molar-refractivity contribution in [1.82, 2.24) is 14.9 Å². The first-order valence-electron chi connectivity index (χ1n) is 12.5. The molecule has 1 amide bonds. The molecule has 0 atom stereocenters. The van der Waals surface area contributed by atoms with Crippen LogP contribution in [0.5, 0.6) is 0 Å². The van der Waals surface area contributed by atoms with Crippen LogP contribution in [0, 0.1) is 0 Å². The van der Waals surface area contributed by atoms with Crippen molar-refractivity contribution >= 4 is 34.3 Å². The summed E-state index contributed by atoms with van der Waals surface area (Å²) < 4.78 is 7.15. The van der Waals surface area contributed by atoms with Crippen LogP contribution in [-0.4, -0.2) is 54.1 Å². The molecule has 1 aliphatic heterocycles. The minimum Gasteiger partial charge on any atom is -0.378 e. The monoisotopic (exact) mass is 514 g/mol. The maximum Gasteiger partial charge on any atom is 0.262 e. The molecule has 3 aromatic carbocycles. The van der Waals surface area contributed by atoms with Crippen molar-refractivity contribution in [2.24, 2.45) is 0 Å². The first kappa shape index (κ1) is 25.0. The van der Waals surface area contributed by atoms with E-state index in [1.54, 1.807) is 4.57 Å². The molecule has 37 heavy (non-hydrogen) atoms. The topological polar surface area (TPSA) is 76.5 Å². The molecule has 5 rings (SSSR count). The van der Waals surface area contributed by atoms with E-state index in [1.165, 1.54) is 17.3 Å². The summed E-state index contributed by atoms with van der Waals surface area (Å²) in [5.41, 5.74) is 3.72. The fourth-order valence-electron chi connectivity index (χ4n) is 4.39. The van der Waals surface area contributed by atoms with Crippen molar-refractivity contribution < 1.29 is 9.53 Å². The van der Waals surface area contributed by atoms with Crippen molar-refractivity contribution in [2.75, 3.05) is 43.5 Å². The largest absolute Gasteiger partial charge is 0.378 e. The quantitative estimate of drug-likeness (QED) is 0.271. The Balaban J connectivity index is 1.36. The lowest BCUT2D eigenvalue weighted by atomic mass is 10.1. The Morgan fingerprint density at radius 2 is 1.65 bits per heavy atom. The molecule has 7 nitrogen and oxygen atoms in total. The first-order chi connectivity index (χ1) is 18.2.